The molecule has 136 valence electrons. The average Bonchev–Trinajstić information content (AvgIpc) is 2.70. The monoisotopic (exact) mass is 362 g/mol. The topological polar surface area (TPSA) is 85.2 Å². The molecule has 0 atom stereocenters. The Balaban J connectivity index is 1.82. The first-order chi connectivity index (χ1) is 13.1. The molecule has 7 heteroatoms. The number of hydrogen-bond acceptors (Lipinski definition) is 4. The summed E-state index contributed by atoms with van der Waals surface area (Å²) < 4.78 is 6.43. The van der Waals surface area contributed by atoms with E-state index >= 15 is 0 Å². The Morgan fingerprint density at radius 3 is 2.63 bits per heavy atom. The Labute approximate surface area is 156 Å². The number of anilines is 1. The second kappa shape index (κ2) is 8.06. The maximum atomic E-state index is 12.4. The molecule has 0 aliphatic carbocycles. The van der Waals surface area contributed by atoms with Crippen molar-refractivity contribution in [3.8, 4) is 18.1 Å². The maximum absolute atomic E-state index is 12.4. The number of nitrogens with zero attached hydrogens (tertiary/aromatic N) is 2. The zero-order valence-electron chi connectivity index (χ0n) is 14.7. The van der Waals surface area contributed by atoms with Crippen molar-refractivity contribution in [1.29, 1.82) is 0 Å². The largest absolute Gasteiger partial charge is 0.495 e. The highest BCUT2D eigenvalue weighted by molar-refractivity contribution is 5.91. The Hall–Kier alpha value is -3.79. The van der Waals surface area contributed by atoms with Gasteiger partial charge >= 0.3 is 6.03 Å². The molecule has 3 rings (SSSR count). The Morgan fingerprint density at radius 2 is 1.89 bits per heavy atom. The molecule has 0 spiro atoms. The van der Waals surface area contributed by atoms with Gasteiger partial charge in [0, 0.05) is 5.39 Å². The number of carbonyl (C=O) groups excluding carboxylic acids is 1. The number of ether oxygens (including phenoxy) is 1. The fourth-order valence-electron chi connectivity index (χ4n) is 2.71. The van der Waals surface area contributed by atoms with E-state index in [-0.39, 0.29) is 18.6 Å². The number of amides is 2. The number of aromatic nitrogens is 2. The van der Waals surface area contributed by atoms with E-state index in [4.69, 9.17) is 11.2 Å². The molecule has 1 heterocycles. The van der Waals surface area contributed by atoms with Crippen molar-refractivity contribution in [3.05, 3.63) is 64.6 Å². The van der Waals surface area contributed by atoms with Crippen LogP contribution in [0.15, 0.2) is 53.3 Å². The molecule has 2 N–H and O–H groups in total. The molecule has 0 radical (unpaired) electrons. The number of terminal acetylenes is 1. The van der Waals surface area contributed by atoms with Crippen molar-refractivity contribution in [2.75, 3.05) is 12.4 Å². The number of nitrogens with one attached hydrogen (secondary N) is 2. The number of urea groups is 1. The molecule has 0 aliphatic rings. The first kappa shape index (κ1) is 18.0. The van der Waals surface area contributed by atoms with Crippen LogP contribution in [0, 0.1) is 12.3 Å². The van der Waals surface area contributed by atoms with Crippen LogP contribution < -0.4 is 20.9 Å². The minimum Gasteiger partial charge on any atom is -0.495 e. The number of fused-ring (bicyclic) bond motifs is 1. The molecular weight excluding hydrogens is 344 g/mol. The summed E-state index contributed by atoms with van der Waals surface area (Å²) in [6.07, 6.45) is 5.32. The van der Waals surface area contributed by atoms with Crippen molar-refractivity contribution in [1.82, 2.24) is 15.1 Å². The lowest BCUT2D eigenvalue weighted by atomic mass is 10.1. The highest BCUT2D eigenvalue weighted by atomic mass is 16.5. The summed E-state index contributed by atoms with van der Waals surface area (Å²) in [4.78, 5) is 24.7. The van der Waals surface area contributed by atoms with E-state index in [1.54, 1.807) is 36.4 Å². The van der Waals surface area contributed by atoms with E-state index in [9.17, 15) is 9.59 Å². The van der Waals surface area contributed by atoms with Crippen LogP contribution >= 0.6 is 0 Å². The van der Waals surface area contributed by atoms with E-state index in [0.717, 1.165) is 0 Å². The smallest absolute Gasteiger partial charge is 0.319 e. The van der Waals surface area contributed by atoms with Crippen LogP contribution in [0.2, 0.25) is 0 Å². The summed E-state index contributed by atoms with van der Waals surface area (Å²) in [6.45, 7) is 0.191. The van der Waals surface area contributed by atoms with Crippen molar-refractivity contribution in [2.24, 2.45) is 0 Å². The van der Waals surface area contributed by atoms with Gasteiger partial charge in [0.1, 0.15) is 12.3 Å². The standard InChI is InChI=1S/C20H18N4O3/c1-3-12-24-19(25)15-9-5-4-8-14(15)17(23-24)13-21-20(26)22-16-10-6-7-11-18(16)27-2/h1,4-11H,12-13H2,2H3,(H2,21,22,26). The SMILES string of the molecule is C#CCn1nc(CNC(=O)Nc2ccccc2OC)c2ccccc2c1=O. The molecule has 3 aromatic rings. The van der Waals surface area contributed by atoms with Gasteiger partial charge in [-0.3, -0.25) is 4.79 Å². The van der Waals surface area contributed by atoms with Crippen LogP contribution in [0.4, 0.5) is 10.5 Å². The quantitative estimate of drug-likeness (QED) is 0.683. The van der Waals surface area contributed by atoms with Crippen LogP contribution in [0.3, 0.4) is 0 Å². The minimum absolute atomic E-state index is 0.0596. The first-order valence-corrected chi connectivity index (χ1v) is 8.24. The summed E-state index contributed by atoms with van der Waals surface area (Å²) in [7, 11) is 1.53. The van der Waals surface area contributed by atoms with Crippen LogP contribution in [-0.2, 0) is 13.1 Å². The second-order valence-corrected chi connectivity index (χ2v) is 5.67. The Morgan fingerprint density at radius 1 is 1.19 bits per heavy atom. The molecule has 0 aliphatic heterocycles. The van der Waals surface area contributed by atoms with Crippen molar-refractivity contribution < 1.29 is 9.53 Å². The third-order valence-electron chi connectivity index (χ3n) is 3.96. The van der Waals surface area contributed by atoms with Gasteiger partial charge in [-0.1, -0.05) is 36.3 Å². The third kappa shape index (κ3) is 3.90. The van der Waals surface area contributed by atoms with E-state index < -0.39 is 6.03 Å². The number of methoxy groups -OCH3 is 1. The Kier molecular flexibility index (Phi) is 5.38. The molecule has 1 aromatic heterocycles. The van der Waals surface area contributed by atoms with E-state index in [1.807, 2.05) is 12.1 Å². The normalized spacial score (nSPS) is 10.2. The molecule has 2 aromatic carbocycles. The van der Waals surface area contributed by atoms with Gasteiger partial charge in [-0.15, -0.1) is 6.42 Å². The highest BCUT2D eigenvalue weighted by Crippen LogP contribution is 2.22. The highest BCUT2D eigenvalue weighted by Gasteiger charge is 2.12. The van der Waals surface area contributed by atoms with Gasteiger partial charge in [-0.2, -0.15) is 5.10 Å². The lowest BCUT2D eigenvalue weighted by molar-refractivity contribution is 0.251. The predicted octanol–water partition coefficient (Wildman–Crippen LogP) is 2.36. The molecule has 0 bridgehead atoms. The van der Waals surface area contributed by atoms with Crippen LogP contribution in [0.1, 0.15) is 5.69 Å². The third-order valence-corrected chi connectivity index (χ3v) is 3.96. The van der Waals surface area contributed by atoms with Gasteiger partial charge in [-0.25, -0.2) is 9.48 Å². The van der Waals surface area contributed by atoms with Crippen LogP contribution in [-0.4, -0.2) is 22.9 Å². The maximum Gasteiger partial charge on any atom is 0.319 e. The first-order valence-electron chi connectivity index (χ1n) is 8.24. The molecule has 0 saturated carbocycles. The van der Waals surface area contributed by atoms with Gasteiger partial charge < -0.3 is 15.4 Å². The molecule has 0 unspecified atom stereocenters. The van der Waals surface area contributed by atoms with Gasteiger partial charge in [0.15, 0.2) is 0 Å². The fraction of sp³-hybridized carbons (Fsp3) is 0.150. The zero-order chi connectivity index (χ0) is 19.2. The zero-order valence-corrected chi connectivity index (χ0v) is 14.7. The van der Waals surface area contributed by atoms with Gasteiger partial charge in [-0.05, 0) is 18.2 Å². The molecule has 0 fully saturated rings. The molecule has 2 amide bonds. The number of benzene rings is 2. The summed E-state index contributed by atoms with van der Waals surface area (Å²) in [6, 6.07) is 13.8. The van der Waals surface area contributed by atoms with Crippen LogP contribution in [0.25, 0.3) is 10.8 Å². The van der Waals surface area contributed by atoms with Gasteiger partial charge in [0.2, 0.25) is 0 Å². The van der Waals surface area contributed by atoms with E-state index in [2.05, 4.69) is 21.7 Å². The average molecular weight is 362 g/mol. The second-order valence-electron chi connectivity index (χ2n) is 5.67. The lowest BCUT2D eigenvalue weighted by Crippen LogP contribution is -2.31. The summed E-state index contributed by atoms with van der Waals surface area (Å²) in [5.41, 5.74) is 0.842. The minimum atomic E-state index is -0.417. The van der Waals surface area contributed by atoms with Gasteiger partial charge in [0.05, 0.1) is 30.4 Å². The Bertz CT molecular complexity index is 1080. The van der Waals surface area contributed by atoms with Crippen LogP contribution in [0.5, 0.6) is 5.75 Å². The van der Waals surface area contributed by atoms with Crippen molar-refractivity contribution in [2.45, 2.75) is 13.1 Å². The molecule has 7 nitrogen and oxygen atoms in total. The van der Waals surface area contributed by atoms with Crippen molar-refractivity contribution >= 4 is 22.5 Å². The molecule has 27 heavy (non-hydrogen) atoms. The summed E-state index contributed by atoms with van der Waals surface area (Å²) in [5.74, 6) is 2.97. The lowest BCUT2D eigenvalue weighted by Gasteiger charge is -2.12. The molecule has 0 saturated heterocycles. The summed E-state index contributed by atoms with van der Waals surface area (Å²) in [5, 5.41) is 10.9. The van der Waals surface area contributed by atoms with E-state index in [0.29, 0.717) is 27.9 Å². The summed E-state index contributed by atoms with van der Waals surface area (Å²) >= 11 is 0. The number of hydrogen-bond donors (Lipinski definition) is 2. The fourth-order valence-corrected chi connectivity index (χ4v) is 2.71. The number of rotatable bonds is 5. The van der Waals surface area contributed by atoms with Gasteiger partial charge in [0.25, 0.3) is 5.56 Å². The van der Waals surface area contributed by atoms with E-state index in [1.165, 1.54) is 11.8 Å². The molecular formula is C20H18N4O3. The van der Waals surface area contributed by atoms with Crippen molar-refractivity contribution in [3.63, 3.8) is 0 Å². The number of carbonyl (C=O) groups is 1. The number of para-hydroxylation sites is 2. The predicted molar refractivity (Wildman–Crippen MR) is 104 cm³/mol.